The number of nitrogens with one attached hydrogen (secondary N) is 1. The van der Waals surface area contributed by atoms with Gasteiger partial charge in [0.05, 0.1) is 25.4 Å². The maximum absolute atomic E-state index is 13.2. The Morgan fingerprint density at radius 3 is 1.02 bits per heavy atom. The first kappa shape index (κ1) is 81.9. The summed E-state index contributed by atoms with van der Waals surface area (Å²) >= 11 is 0. The van der Waals surface area contributed by atoms with Crippen LogP contribution in [0.5, 0.6) is 0 Å². The van der Waals surface area contributed by atoms with Crippen molar-refractivity contribution in [2.24, 2.45) is 0 Å². The van der Waals surface area contributed by atoms with Crippen LogP contribution in [0, 0.1) is 0 Å². The molecule has 7 atom stereocenters. The van der Waals surface area contributed by atoms with Crippen molar-refractivity contribution in [2.45, 2.75) is 429 Å². The zero-order valence-electron chi connectivity index (χ0n) is 55.7. The third kappa shape index (κ3) is 53.2. The van der Waals surface area contributed by atoms with Crippen LogP contribution in [0.15, 0.2) is 12.2 Å². The largest absolute Gasteiger partial charge is 0.397 e. The fraction of sp³-hybridized carbons (Fsp3) is 0.958. The Morgan fingerprint density at radius 2 is 0.741 bits per heavy atom. The van der Waals surface area contributed by atoms with Crippen molar-refractivity contribution >= 4 is 16.3 Å². The van der Waals surface area contributed by atoms with Crippen molar-refractivity contribution in [3.8, 4) is 0 Å². The van der Waals surface area contributed by atoms with Gasteiger partial charge in [-0.25, -0.2) is 4.18 Å². The second-order valence-corrected chi connectivity index (χ2v) is 27.3. The molecule has 0 aromatic heterocycles. The van der Waals surface area contributed by atoms with E-state index in [9.17, 15) is 38.2 Å². The maximum Gasteiger partial charge on any atom is 0.397 e. The highest BCUT2D eigenvalue weighted by molar-refractivity contribution is 7.80. The van der Waals surface area contributed by atoms with Gasteiger partial charge in [-0.15, -0.1) is 0 Å². The van der Waals surface area contributed by atoms with Crippen molar-refractivity contribution in [3.05, 3.63) is 12.2 Å². The number of amides is 1. The summed E-state index contributed by atoms with van der Waals surface area (Å²) in [5.41, 5.74) is 0. The Balaban J connectivity index is 2.16. The molecule has 506 valence electrons. The molecule has 12 nitrogen and oxygen atoms in total. The topological polar surface area (TPSA) is 192 Å². The van der Waals surface area contributed by atoms with Crippen LogP contribution in [0.3, 0.4) is 0 Å². The summed E-state index contributed by atoms with van der Waals surface area (Å²) in [4.78, 5) is 13.2. The molecule has 0 aliphatic carbocycles. The molecule has 1 saturated heterocycles. The summed E-state index contributed by atoms with van der Waals surface area (Å²) in [7, 11) is -5.09. The monoisotopic (exact) mass is 1230 g/mol. The molecular formula is C72H141NO11S. The molecule has 1 rings (SSSR count). The number of carbonyl (C=O) groups excluding carboxylic acids is 1. The van der Waals surface area contributed by atoms with E-state index in [2.05, 4.69) is 23.3 Å². The van der Waals surface area contributed by atoms with Gasteiger partial charge < -0.3 is 35.2 Å². The highest BCUT2D eigenvalue weighted by Gasteiger charge is 2.48. The molecule has 1 aliphatic rings. The minimum atomic E-state index is -5.09. The number of aliphatic hydroxyl groups excluding tert-OH is 4. The molecule has 7 unspecified atom stereocenters. The van der Waals surface area contributed by atoms with Crippen molar-refractivity contribution in [1.82, 2.24) is 5.32 Å². The van der Waals surface area contributed by atoms with Gasteiger partial charge in [-0.3, -0.25) is 9.35 Å². The predicted octanol–water partition coefficient (Wildman–Crippen LogP) is 19.7. The summed E-state index contributed by atoms with van der Waals surface area (Å²) in [6, 6.07) is -0.942. The SMILES string of the molecule is CCCCCCCCCCCCCCCCCCCCC/C=C/C(O)C(COC1OC(CO)C(O)C(OS(=O)(=O)O)C1O)NC(=O)CCCCCCCCCCCCCCCCCCCCCCCCCCCCCCCCCCCCCCC. The van der Waals surface area contributed by atoms with Crippen molar-refractivity contribution < 1.29 is 51.8 Å². The number of unbranched alkanes of at least 4 members (excludes halogenated alkanes) is 55. The van der Waals surface area contributed by atoms with Crippen LogP contribution >= 0.6 is 0 Å². The van der Waals surface area contributed by atoms with Gasteiger partial charge in [0.2, 0.25) is 5.91 Å². The fourth-order valence-electron chi connectivity index (χ4n) is 12.4. The third-order valence-corrected chi connectivity index (χ3v) is 18.5. The van der Waals surface area contributed by atoms with E-state index < -0.39 is 59.9 Å². The van der Waals surface area contributed by atoms with Crippen LogP contribution < -0.4 is 5.32 Å². The molecule has 1 amide bonds. The average Bonchev–Trinajstić information content (AvgIpc) is 3.56. The lowest BCUT2D eigenvalue weighted by molar-refractivity contribution is -0.298. The Morgan fingerprint density at radius 1 is 0.459 bits per heavy atom. The van der Waals surface area contributed by atoms with E-state index >= 15 is 0 Å². The Bertz CT molecular complexity index is 1540. The van der Waals surface area contributed by atoms with E-state index in [0.29, 0.717) is 6.42 Å². The van der Waals surface area contributed by atoms with Crippen molar-refractivity contribution in [2.75, 3.05) is 13.2 Å². The number of ether oxygens (including phenoxy) is 2. The lowest BCUT2D eigenvalue weighted by Gasteiger charge is -2.41. The lowest BCUT2D eigenvalue weighted by Crippen LogP contribution is -2.61. The molecular weight excluding hydrogens is 1090 g/mol. The summed E-state index contributed by atoms with van der Waals surface area (Å²) < 4.78 is 48.1. The number of hydrogen-bond donors (Lipinski definition) is 6. The number of aliphatic hydroxyl groups is 4. The molecule has 0 aromatic carbocycles. The zero-order valence-corrected chi connectivity index (χ0v) is 56.5. The van der Waals surface area contributed by atoms with Crippen LogP contribution in [-0.2, 0) is 28.9 Å². The molecule has 0 radical (unpaired) electrons. The van der Waals surface area contributed by atoms with Crippen molar-refractivity contribution in [3.63, 3.8) is 0 Å². The molecule has 6 N–H and O–H groups in total. The maximum atomic E-state index is 13.2. The molecule has 0 spiro atoms. The number of hydrogen-bond acceptors (Lipinski definition) is 10. The standard InChI is InChI=1S/C72H141NO11S/c1-3-5-7-9-11-13-15-17-19-21-23-25-26-27-28-29-30-31-32-33-34-35-36-37-38-39-40-42-44-46-48-50-52-54-56-58-60-62-68(76)73-65(64-82-72-70(78)71(84-85(79,80)81)69(77)67(63-74)83-72)66(75)61-59-57-55-53-51-49-47-45-43-41-24-22-20-18-16-14-12-10-8-6-4-2/h59,61,65-67,69-72,74-75,77-78H,3-58,60,62-64H2,1-2H3,(H,73,76)(H,79,80,81)/b61-59+. The van der Waals surface area contributed by atoms with Gasteiger partial charge in [-0.1, -0.05) is 373 Å². The smallest absolute Gasteiger partial charge is 0.394 e. The summed E-state index contributed by atoms with van der Waals surface area (Å²) in [5, 5.41) is 45.2. The molecule has 13 heteroatoms. The van der Waals surface area contributed by atoms with Crippen LogP contribution in [0.2, 0.25) is 0 Å². The Hall–Kier alpha value is -1.16. The van der Waals surface area contributed by atoms with Gasteiger partial charge >= 0.3 is 10.4 Å². The molecule has 85 heavy (non-hydrogen) atoms. The first-order chi connectivity index (χ1) is 41.5. The van der Waals surface area contributed by atoms with E-state index in [1.807, 2.05) is 6.08 Å². The van der Waals surface area contributed by atoms with Crippen LogP contribution in [0.1, 0.15) is 386 Å². The first-order valence-corrected chi connectivity index (χ1v) is 38.4. The van der Waals surface area contributed by atoms with Crippen LogP contribution in [-0.4, -0.2) is 95.4 Å². The normalized spacial score (nSPS) is 18.2. The summed E-state index contributed by atoms with van der Waals surface area (Å²) in [6.07, 6.45) is 70.3. The molecule has 0 aromatic rings. The Kier molecular flexibility index (Phi) is 59.4. The van der Waals surface area contributed by atoms with Gasteiger partial charge in [0.1, 0.15) is 24.4 Å². The van der Waals surface area contributed by atoms with Gasteiger partial charge in [0.25, 0.3) is 0 Å². The van der Waals surface area contributed by atoms with Gasteiger partial charge in [0, 0.05) is 6.42 Å². The van der Waals surface area contributed by atoms with E-state index in [1.165, 1.54) is 321 Å². The quantitative estimate of drug-likeness (QED) is 0.0193. The van der Waals surface area contributed by atoms with Crippen molar-refractivity contribution in [1.29, 1.82) is 0 Å². The number of allylic oxidation sites excluding steroid dienone is 1. The average molecular weight is 1230 g/mol. The zero-order chi connectivity index (χ0) is 61.8. The minimum absolute atomic E-state index is 0.252. The van der Waals surface area contributed by atoms with Gasteiger partial charge in [0.15, 0.2) is 6.29 Å². The van der Waals surface area contributed by atoms with Crippen LogP contribution in [0.4, 0.5) is 0 Å². The van der Waals surface area contributed by atoms with Crippen LogP contribution in [0.25, 0.3) is 0 Å². The number of carbonyl (C=O) groups is 1. The van der Waals surface area contributed by atoms with Gasteiger partial charge in [-0.05, 0) is 19.3 Å². The number of rotatable bonds is 67. The molecule has 1 fully saturated rings. The summed E-state index contributed by atoms with van der Waals surface area (Å²) in [5.74, 6) is -0.252. The molecule has 0 bridgehead atoms. The predicted molar refractivity (Wildman–Crippen MR) is 356 cm³/mol. The lowest BCUT2D eigenvalue weighted by atomic mass is 9.99. The van der Waals surface area contributed by atoms with E-state index in [1.54, 1.807) is 6.08 Å². The molecule has 1 heterocycles. The van der Waals surface area contributed by atoms with E-state index in [-0.39, 0.29) is 18.9 Å². The van der Waals surface area contributed by atoms with E-state index in [0.717, 1.165) is 38.5 Å². The molecule has 0 saturated carbocycles. The minimum Gasteiger partial charge on any atom is -0.394 e. The summed E-state index contributed by atoms with van der Waals surface area (Å²) in [6.45, 7) is 3.47. The van der Waals surface area contributed by atoms with Gasteiger partial charge in [-0.2, -0.15) is 8.42 Å². The highest BCUT2D eigenvalue weighted by Crippen LogP contribution is 2.27. The fourth-order valence-corrected chi connectivity index (χ4v) is 12.9. The first-order valence-electron chi connectivity index (χ1n) is 37.1. The van der Waals surface area contributed by atoms with E-state index in [4.69, 9.17) is 9.47 Å². The highest BCUT2D eigenvalue weighted by atomic mass is 32.3. The third-order valence-electron chi connectivity index (χ3n) is 18.1. The second kappa shape index (κ2) is 61.7. The second-order valence-electron chi connectivity index (χ2n) is 26.3. The Labute approximate surface area is 525 Å². The molecule has 1 aliphatic heterocycles.